The number of anilines is 1. The van der Waals surface area contributed by atoms with E-state index in [1.54, 1.807) is 4.90 Å². The third-order valence-electron chi connectivity index (χ3n) is 3.04. The fraction of sp³-hybridized carbons (Fsp3) is 0.235. The van der Waals surface area contributed by atoms with Crippen molar-refractivity contribution in [3.05, 3.63) is 60.2 Å². The van der Waals surface area contributed by atoms with E-state index in [1.165, 1.54) is 0 Å². The first kappa shape index (κ1) is 14.1. The number of hydrogen-bond acceptors (Lipinski definition) is 2. The minimum atomic E-state index is -0.0399. The molecule has 3 nitrogen and oxygen atoms in total. The van der Waals surface area contributed by atoms with Crippen LogP contribution >= 0.6 is 0 Å². The van der Waals surface area contributed by atoms with Gasteiger partial charge in [0.25, 0.3) is 5.91 Å². The Morgan fingerprint density at radius 2 is 1.85 bits per heavy atom. The van der Waals surface area contributed by atoms with E-state index in [9.17, 15) is 4.79 Å². The monoisotopic (exact) mass is 269 g/mol. The maximum Gasteiger partial charge on any atom is 0.264 e. The average molecular weight is 269 g/mol. The van der Waals surface area contributed by atoms with Crippen LogP contribution < -0.4 is 9.64 Å². The Morgan fingerprint density at radius 1 is 1.10 bits per heavy atom. The fourth-order valence-electron chi connectivity index (χ4n) is 2.04. The van der Waals surface area contributed by atoms with Crippen LogP contribution in [0.1, 0.15) is 12.5 Å². The number of para-hydroxylation sites is 1. The van der Waals surface area contributed by atoms with E-state index in [1.807, 2.05) is 68.4 Å². The third kappa shape index (κ3) is 3.60. The molecule has 2 aromatic carbocycles. The van der Waals surface area contributed by atoms with Gasteiger partial charge in [-0.3, -0.25) is 4.79 Å². The lowest BCUT2D eigenvalue weighted by atomic mass is 10.2. The van der Waals surface area contributed by atoms with E-state index < -0.39 is 0 Å². The van der Waals surface area contributed by atoms with Crippen molar-refractivity contribution in [2.45, 2.75) is 13.8 Å². The molecule has 0 fully saturated rings. The normalized spacial score (nSPS) is 10.1. The average Bonchev–Trinajstić information content (AvgIpc) is 2.47. The molecule has 0 spiro atoms. The summed E-state index contributed by atoms with van der Waals surface area (Å²) in [6.45, 7) is 4.65. The second kappa shape index (κ2) is 6.75. The van der Waals surface area contributed by atoms with Gasteiger partial charge in [0.2, 0.25) is 0 Å². The molecular weight excluding hydrogens is 250 g/mol. The molecule has 0 aliphatic carbocycles. The molecule has 0 unspecified atom stereocenters. The summed E-state index contributed by atoms with van der Waals surface area (Å²) in [6, 6.07) is 17.3. The van der Waals surface area contributed by atoms with Crippen LogP contribution in [0.2, 0.25) is 0 Å². The summed E-state index contributed by atoms with van der Waals surface area (Å²) in [4.78, 5) is 14.0. The minimum absolute atomic E-state index is 0.0399. The maximum atomic E-state index is 12.3. The standard InChI is InChI=1S/C17H19NO2/c1-3-18(15-9-7-8-14(2)12-15)17(19)13-20-16-10-5-4-6-11-16/h4-12H,3,13H2,1-2H3. The third-order valence-corrected chi connectivity index (χ3v) is 3.04. The molecule has 0 N–H and O–H groups in total. The molecule has 0 saturated heterocycles. The predicted molar refractivity (Wildman–Crippen MR) is 81.1 cm³/mol. The predicted octanol–water partition coefficient (Wildman–Crippen LogP) is 3.43. The molecule has 0 saturated carbocycles. The van der Waals surface area contributed by atoms with Gasteiger partial charge in [-0.1, -0.05) is 30.3 Å². The van der Waals surface area contributed by atoms with Gasteiger partial charge in [-0.2, -0.15) is 0 Å². The second-order valence-corrected chi connectivity index (χ2v) is 4.58. The van der Waals surface area contributed by atoms with Crippen molar-refractivity contribution in [1.29, 1.82) is 0 Å². The molecule has 0 aromatic heterocycles. The van der Waals surface area contributed by atoms with Crippen LogP contribution in [0, 0.1) is 6.92 Å². The van der Waals surface area contributed by atoms with Crippen molar-refractivity contribution in [3.63, 3.8) is 0 Å². The fourth-order valence-corrected chi connectivity index (χ4v) is 2.04. The Kier molecular flexibility index (Phi) is 4.77. The van der Waals surface area contributed by atoms with Crippen molar-refractivity contribution in [3.8, 4) is 5.75 Å². The van der Waals surface area contributed by atoms with Crippen LogP contribution in [0.3, 0.4) is 0 Å². The highest BCUT2D eigenvalue weighted by Gasteiger charge is 2.14. The summed E-state index contributed by atoms with van der Waals surface area (Å²) < 4.78 is 5.51. The molecule has 1 amide bonds. The van der Waals surface area contributed by atoms with Gasteiger partial charge in [0, 0.05) is 12.2 Å². The van der Waals surface area contributed by atoms with E-state index in [4.69, 9.17) is 4.74 Å². The van der Waals surface area contributed by atoms with E-state index in [-0.39, 0.29) is 12.5 Å². The Hall–Kier alpha value is -2.29. The summed E-state index contributed by atoms with van der Waals surface area (Å²) in [6.07, 6.45) is 0. The molecule has 2 aromatic rings. The number of carbonyl (C=O) groups is 1. The first-order valence-electron chi connectivity index (χ1n) is 6.75. The van der Waals surface area contributed by atoms with Crippen LogP contribution in [0.5, 0.6) is 5.75 Å². The van der Waals surface area contributed by atoms with Crippen LogP contribution in [-0.4, -0.2) is 19.1 Å². The molecule has 0 aliphatic heterocycles. The van der Waals surface area contributed by atoms with Gasteiger partial charge < -0.3 is 9.64 Å². The van der Waals surface area contributed by atoms with Gasteiger partial charge in [0.1, 0.15) is 5.75 Å². The summed E-state index contributed by atoms with van der Waals surface area (Å²) in [5, 5.41) is 0. The number of nitrogens with zero attached hydrogens (tertiary/aromatic N) is 1. The van der Waals surface area contributed by atoms with E-state index in [0.717, 1.165) is 11.3 Å². The molecule has 2 rings (SSSR count). The first-order chi connectivity index (χ1) is 9.70. The van der Waals surface area contributed by atoms with Gasteiger partial charge in [0.05, 0.1) is 0 Å². The maximum absolute atomic E-state index is 12.3. The minimum Gasteiger partial charge on any atom is -0.484 e. The number of hydrogen-bond donors (Lipinski definition) is 0. The zero-order valence-electron chi connectivity index (χ0n) is 11.9. The van der Waals surface area contributed by atoms with Gasteiger partial charge in [-0.15, -0.1) is 0 Å². The Balaban J connectivity index is 2.02. The quantitative estimate of drug-likeness (QED) is 0.832. The molecule has 0 heterocycles. The number of aryl methyl sites for hydroxylation is 1. The van der Waals surface area contributed by atoms with Crippen molar-refractivity contribution < 1.29 is 9.53 Å². The van der Waals surface area contributed by atoms with Crippen molar-refractivity contribution in [2.24, 2.45) is 0 Å². The van der Waals surface area contributed by atoms with Gasteiger partial charge in [-0.25, -0.2) is 0 Å². The summed E-state index contributed by atoms with van der Waals surface area (Å²) in [7, 11) is 0. The van der Waals surface area contributed by atoms with E-state index in [2.05, 4.69) is 0 Å². The smallest absolute Gasteiger partial charge is 0.264 e. The van der Waals surface area contributed by atoms with Crippen molar-refractivity contribution >= 4 is 11.6 Å². The first-order valence-corrected chi connectivity index (χ1v) is 6.75. The van der Waals surface area contributed by atoms with Crippen LogP contribution in [0.25, 0.3) is 0 Å². The molecule has 0 atom stereocenters. The highest BCUT2D eigenvalue weighted by Crippen LogP contribution is 2.16. The molecule has 0 bridgehead atoms. The zero-order chi connectivity index (χ0) is 14.4. The van der Waals surface area contributed by atoms with Gasteiger partial charge in [0.15, 0.2) is 6.61 Å². The molecular formula is C17H19NO2. The van der Waals surface area contributed by atoms with Crippen LogP contribution in [0.4, 0.5) is 5.69 Å². The van der Waals surface area contributed by atoms with E-state index in [0.29, 0.717) is 12.3 Å². The number of ether oxygens (including phenoxy) is 1. The lowest BCUT2D eigenvalue weighted by Crippen LogP contribution is -2.34. The number of rotatable bonds is 5. The van der Waals surface area contributed by atoms with Crippen molar-refractivity contribution in [2.75, 3.05) is 18.1 Å². The SMILES string of the molecule is CCN(C(=O)COc1ccccc1)c1cccc(C)c1. The number of benzene rings is 2. The number of amides is 1. The topological polar surface area (TPSA) is 29.5 Å². The molecule has 3 heteroatoms. The number of likely N-dealkylation sites (N-methyl/N-ethyl adjacent to an activating group) is 1. The zero-order valence-corrected chi connectivity index (χ0v) is 11.9. The van der Waals surface area contributed by atoms with Crippen LogP contribution in [-0.2, 0) is 4.79 Å². The molecule has 104 valence electrons. The Labute approximate surface area is 119 Å². The van der Waals surface area contributed by atoms with Gasteiger partial charge >= 0.3 is 0 Å². The second-order valence-electron chi connectivity index (χ2n) is 4.58. The van der Waals surface area contributed by atoms with Crippen LogP contribution in [0.15, 0.2) is 54.6 Å². The lowest BCUT2D eigenvalue weighted by molar-refractivity contribution is -0.120. The highest BCUT2D eigenvalue weighted by molar-refractivity contribution is 5.94. The lowest BCUT2D eigenvalue weighted by Gasteiger charge is -2.21. The Bertz CT molecular complexity index is 566. The number of carbonyl (C=O) groups excluding carboxylic acids is 1. The summed E-state index contributed by atoms with van der Waals surface area (Å²) in [5.74, 6) is 0.670. The van der Waals surface area contributed by atoms with E-state index >= 15 is 0 Å². The largest absolute Gasteiger partial charge is 0.484 e. The highest BCUT2D eigenvalue weighted by atomic mass is 16.5. The van der Waals surface area contributed by atoms with Gasteiger partial charge in [-0.05, 0) is 43.7 Å². The Morgan fingerprint density at radius 3 is 2.50 bits per heavy atom. The van der Waals surface area contributed by atoms with Crippen molar-refractivity contribution in [1.82, 2.24) is 0 Å². The molecule has 0 radical (unpaired) electrons. The molecule has 20 heavy (non-hydrogen) atoms. The summed E-state index contributed by atoms with van der Waals surface area (Å²) >= 11 is 0. The summed E-state index contributed by atoms with van der Waals surface area (Å²) in [5.41, 5.74) is 2.05. The molecule has 0 aliphatic rings.